The molecular formula is C11H9N5O4. The summed E-state index contributed by atoms with van der Waals surface area (Å²) in [6.07, 6.45) is 0. The van der Waals surface area contributed by atoms with E-state index in [-0.39, 0.29) is 17.1 Å². The van der Waals surface area contributed by atoms with Crippen LogP contribution in [0.2, 0.25) is 0 Å². The minimum atomic E-state index is -0.747. The first kappa shape index (κ1) is 13.2. The van der Waals surface area contributed by atoms with Gasteiger partial charge in [-0.15, -0.1) is 0 Å². The molecule has 0 saturated heterocycles. The number of nitro groups is 1. The summed E-state index contributed by atoms with van der Waals surface area (Å²) in [5, 5.41) is 19.0. The Kier molecular flexibility index (Phi) is 3.42. The number of nitrogens with two attached hydrogens (primary N) is 1. The summed E-state index contributed by atoms with van der Waals surface area (Å²) >= 11 is 0. The second-order valence-corrected chi connectivity index (χ2v) is 3.76. The number of para-hydroxylation sites is 1. The van der Waals surface area contributed by atoms with E-state index in [0.717, 1.165) is 6.07 Å². The van der Waals surface area contributed by atoms with Crippen LogP contribution in [-0.4, -0.2) is 21.0 Å². The van der Waals surface area contributed by atoms with Gasteiger partial charge in [-0.1, -0.05) is 6.07 Å². The van der Waals surface area contributed by atoms with Crippen molar-refractivity contribution in [1.29, 1.82) is 0 Å². The predicted octanol–water partition coefficient (Wildman–Crippen LogP) is 0.513. The highest BCUT2D eigenvalue weighted by molar-refractivity contribution is 6.07. The summed E-state index contributed by atoms with van der Waals surface area (Å²) in [5.74, 6) is -0.685. The lowest BCUT2D eigenvalue weighted by molar-refractivity contribution is -0.384. The molecule has 0 fully saturated rings. The molecule has 2 rings (SSSR count). The van der Waals surface area contributed by atoms with Gasteiger partial charge >= 0.3 is 5.69 Å². The number of H-pyrrole nitrogens is 1. The molecule has 20 heavy (non-hydrogen) atoms. The summed E-state index contributed by atoms with van der Waals surface area (Å²) in [5.41, 5.74) is 4.27. The average molecular weight is 275 g/mol. The van der Waals surface area contributed by atoms with E-state index in [1.54, 1.807) is 0 Å². The smallest absolute Gasteiger partial charge is 0.304 e. The molecule has 9 nitrogen and oxygen atoms in total. The summed E-state index contributed by atoms with van der Waals surface area (Å²) < 4.78 is 0. The lowest BCUT2D eigenvalue weighted by Crippen LogP contribution is -2.17. The van der Waals surface area contributed by atoms with Gasteiger partial charge in [-0.05, 0) is 18.2 Å². The number of nitrogen functional groups attached to an aromatic ring is 1. The van der Waals surface area contributed by atoms with E-state index in [0.29, 0.717) is 0 Å². The molecule has 0 aliphatic rings. The van der Waals surface area contributed by atoms with E-state index < -0.39 is 22.1 Å². The number of amides is 1. The first-order valence-corrected chi connectivity index (χ1v) is 5.39. The van der Waals surface area contributed by atoms with Crippen LogP contribution in [-0.2, 0) is 0 Å². The van der Waals surface area contributed by atoms with Crippen LogP contribution in [0.15, 0.2) is 35.1 Å². The molecule has 1 aromatic heterocycles. The third kappa shape index (κ3) is 2.61. The quantitative estimate of drug-likeness (QED) is 0.423. The molecule has 0 aliphatic carbocycles. The van der Waals surface area contributed by atoms with Crippen molar-refractivity contribution >= 4 is 23.1 Å². The minimum Gasteiger partial charge on any atom is -0.393 e. The van der Waals surface area contributed by atoms with Gasteiger partial charge in [0.2, 0.25) is 0 Å². The predicted molar refractivity (Wildman–Crippen MR) is 70.3 cm³/mol. The fourth-order valence-corrected chi connectivity index (χ4v) is 1.55. The average Bonchev–Trinajstić information content (AvgIpc) is 2.40. The van der Waals surface area contributed by atoms with Crippen LogP contribution in [0.1, 0.15) is 10.4 Å². The Balaban J connectivity index is 2.34. The molecule has 1 heterocycles. The molecule has 9 heteroatoms. The largest absolute Gasteiger partial charge is 0.393 e. The van der Waals surface area contributed by atoms with E-state index >= 15 is 0 Å². The van der Waals surface area contributed by atoms with Crippen molar-refractivity contribution < 1.29 is 9.72 Å². The van der Waals surface area contributed by atoms with E-state index in [2.05, 4.69) is 15.5 Å². The number of anilines is 2. The first-order chi connectivity index (χ1) is 9.49. The highest BCUT2D eigenvalue weighted by Crippen LogP contribution is 2.26. The number of aromatic nitrogens is 2. The molecule has 2 aromatic rings. The number of hydrogen-bond acceptors (Lipinski definition) is 6. The highest BCUT2D eigenvalue weighted by Gasteiger charge is 2.23. The van der Waals surface area contributed by atoms with Crippen molar-refractivity contribution in [1.82, 2.24) is 10.2 Å². The number of nitro benzene ring substituents is 1. The number of benzene rings is 1. The highest BCUT2D eigenvalue weighted by atomic mass is 16.6. The van der Waals surface area contributed by atoms with Crippen LogP contribution in [0.3, 0.4) is 0 Å². The normalized spacial score (nSPS) is 10.0. The molecule has 4 N–H and O–H groups in total. The summed E-state index contributed by atoms with van der Waals surface area (Å²) in [4.78, 5) is 33.0. The maximum atomic E-state index is 12.0. The fraction of sp³-hybridized carbons (Fsp3) is 0. The molecule has 0 atom stereocenters. The van der Waals surface area contributed by atoms with E-state index in [9.17, 15) is 19.7 Å². The zero-order valence-electron chi connectivity index (χ0n) is 9.99. The second kappa shape index (κ2) is 5.18. The third-order valence-corrected chi connectivity index (χ3v) is 2.42. The van der Waals surface area contributed by atoms with Crippen molar-refractivity contribution in [3.8, 4) is 0 Å². The molecule has 1 aromatic carbocycles. The van der Waals surface area contributed by atoms with Gasteiger partial charge in [0, 0.05) is 6.07 Å². The van der Waals surface area contributed by atoms with Gasteiger partial charge < -0.3 is 11.1 Å². The van der Waals surface area contributed by atoms with Crippen LogP contribution in [0.5, 0.6) is 0 Å². The Morgan fingerprint density at radius 2 is 2.10 bits per heavy atom. The zero-order valence-corrected chi connectivity index (χ0v) is 9.99. The number of nitrogens with zero attached hydrogens (tertiary/aromatic N) is 2. The van der Waals surface area contributed by atoms with Crippen LogP contribution in [0.4, 0.5) is 17.2 Å². The van der Waals surface area contributed by atoms with Gasteiger partial charge in [0.05, 0.1) is 4.92 Å². The molecule has 0 radical (unpaired) electrons. The Morgan fingerprint density at radius 1 is 1.35 bits per heavy atom. The first-order valence-electron chi connectivity index (χ1n) is 5.39. The molecule has 1 amide bonds. The van der Waals surface area contributed by atoms with Gasteiger partial charge in [-0.25, -0.2) is 5.10 Å². The lowest BCUT2D eigenvalue weighted by atomic mass is 10.1. The Bertz CT molecular complexity index is 719. The van der Waals surface area contributed by atoms with Crippen molar-refractivity contribution in [2.45, 2.75) is 0 Å². The molecular weight excluding hydrogens is 266 g/mol. The van der Waals surface area contributed by atoms with Gasteiger partial charge in [-0.3, -0.25) is 19.7 Å². The fourth-order valence-electron chi connectivity index (χ4n) is 1.55. The number of carbonyl (C=O) groups is 1. The van der Waals surface area contributed by atoms with Gasteiger partial charge in [0.1, 0.15) is 11.3 Å². The second-order valence-electron chi connectivity index (χ2n) is 3.76. The lowest BCUT2D eigenvalue weighted by Gasteiger charge is -2.05. The molecule has 0 unspecified atom stereocenters. The SMILES string of the molecule is Nc1cccc(C(=O)Nc2ccc(=O)[nH]n2)c1[N+](=O)[O-]. The van der Waals surface area contributed by atoms with Crippen molar-refractivity contribution in [3.05, 3.63) is 56.4 Å². The Labute approximate surface area is 111 Å². The molecule has 0 spiro atoms. The standard InChI is InChI=1S/C11H9N5O4/c12-7-3-1-2-6(10(7)16(19)20)11(18)13-8-4-5-9(17)15-14-8/h1-5H,12H2,(H,15,17)(H,13,14,18). The van der Waals surface area contributed by atoms with E-state index in [1.165, 1.54) is 24.3 Å². The van der Waals surface area contributed by atoms with E-state index in [1.807, 2.05) is 0 Å². The maximum absolute atomic E-state index is 12.0. The Morgan fingerprint density at radius 3 is 2.70 bits per heavy atom. The van der Waals surface area contributed by atoms with E-state index in [4.69, 9.17) is 5.73 Å². The molecule has 0 saturated carbocycles. The number of nitrogens with one attached hydrogen (secondary N) is 2. The molecule has 0 aliphatic heterocycles. The van der Waals surface area contributed by atoms with Crippen molar-refractivity contribution in [2.75, 3.05) is 11.1 Å². The maximum Gasteiger partial charge on any atom is 0.304 e. The monoisotopic (exact) mass is 275 g/mol. The van der Waals surface area contributed by atoms with Crippen LogP contribution in [0.25, 0.3) is 0 Å². The number of rotatable bonds is 3. The number of aromatic amines is 1. The molecule has 0 bridgehead atoms. The summed E-state index contributed by atoms with van der Waals surface area (Å²) in [6, 6.07) is 6.46. The number of hydrogen-bond donors (Lipinski definition) is 3. The van der Waals surface area contributed by atoms with Crippen LogP contribution < -0.4 is 16.6 Å². The van der Waals surface area contributed by atoms with Gasteiger partial charge in [-0.2, -0.15) is 5.10 Å². The zero-order chi connectivity index (χ0) is 14.7. The third-order valence-electron chi connectivity index (χ3n) is 2.42. The van der Waals surface area contributed by atoms with Crippen molar-refractivity contribution in [2.24, 2.45) is 0 Å². The van der Waals surface area contributed by atoms with Crippen LogP contribution >= 0.6 is 0 Å². The van der Waals surface area contributed by atoms with Gasteiger partial charge in [0.15, 0.2) is 5.82 Å². The van der Waals surface area contributed by atoms with Crippen molar-refractivity contribution in [3.63, 3.8) is 0 Å². The topological polar surface area (TPSA) is 144 Å². The van der Waals surface area contributed by atoms with Crippen LogP contribution in [0, 0.1) is 10.1 Å². The molecule has 102 valence electrons. The Hall–Kier alpha value is -3.23. The van der Waals surface area contributed by atoms with Gasteiger partial charge in [0.25, 0.3) is 11.5 Å². The minimum absolute atomic E-state index is 0.0614. The summed E-state index contributed by atoms with van der Waals surface area (Å²) in [6.45, 7) is 0. The summed E-state index contributed by atoms with van der Waals surface area (Å²) in [7, 11) is 0. The number of carbonyl (C=O) groups excluding carboxylic acids is 1.